The molecule has 29 heavy (non-hydrogen) atoms. The molecular formula is C20H32IN5O2S. The van der Waals surface area contributed by atoms with Gasteiger partial charge in [0, 0.05) is 39.1 Å². The molecule has 1 aromatic carbocycles. The minimum absolute atomic E-state index is 0. The van der Waals surface area contributed by atoms with Gasteiger partial charge in [-0.3, -0.25) is 4.99 Å². The smallest absolute Gasteiger partial charge is 0.240 e. The van der Waals surface area contributed by atoms with E-state index in [1.54, 1.807) is 13.0 Å². The molecule has 0 radical (unpaired) electrons. The third kappa shape index (κ3) is 7.31. The van der Waals surface area contributed by atoms with Crippen LogP contribution in [0.4, 0.5) is 0 Å². The number of rotatable bonds is 8. The fraction of sp³-hybridized carbons (Fsp3) is 0.450. The number of halogens is 1. The van der Waals surface area contributed by atoms with E-state index >= 15 is 0 Å². The Hall–Kier alpha value is -1.59. The van der Waals surface area contributed by atoms with Crippen molar-refractivity contribution in [1.82, 2.24) is 19.5 Å². The lowest BCUT2D eigenvalue weighted by Crippen LogP contribution is -2.39. The van der Waals surface area contributed by atoms with Gasteiger partial charge in [-0.25, -0.2) is 13.1 Å². The zero-order chi connectivity index (χ0) is 20.7. The summed E-state index contributed by atoms with van der Waals surface area (Å²) in [5.41, 5.74) is 2.82. The van der Waals surface area contributed by atoms with Crippen LogP contribution in [0.1, 0.15) is 23.7 Å². The van der Waals surface area contributed by atoms with Gasteiger partial charge in [-0.2, -0.15) is 0 Å². The van der Waals surface area contributed by atoms with Crippen molar-refractivity contribution in [3.05, 3.63) is 53.3 Å². The molecule has 7 nitrogen and oxygen atoms in total. The molecule has 0 aliphatic heterocycles. The van der Waals surface area contributed by atoms with Crippen molar-refractivity contribution in [2.24, 2.45) is 12.0 Å². The number of sulfonamides is 1. The molecule has 0 spiro atoms. The highest BCUT2D eigenvalue weighted by Gasteiger charge is 2.16. The second kappa shape index (κ2) is 11.6. The maximum absolute atomic E-state index is 12.6. The number of aliphatic imine (C=N–C) groups is 1. The lowest BCUT2D eigenvalue weighted by molar-refractivity contribution is 0.462. The summed E-state index contributed by atoms with van der Waals surface area (Å²) in [6.07, 6.45) is 2.01. The quantitative estimate of drug-likeness (QED) is 0.237. The molecule has 2 N–H and O–H groups in total. The van der Waals surface area contributed by atoms with Gasteiger partial charge in [-0.1, -0.05) is 12.1 Å². The second-order valence-electron chi connectivity index (χ2n) is 6.87. The summed E-state index contributed by atoms with van der Waals surface area (Å²) in [7, 11) is 0.429. The molecule has 0 unspecified atom stereocenters. The van der Waals surface area contributed by atoms with Crippen LogP contribution in [0.15, 0.2) is 46.4 Å². The Morgan fingerprint density at radius 1 is 1.24 bits per heavy atom. The third-order valence-corrected chi connectivity index (χ3v) is 6.05. The van der Waals surface area contributed by atoms with E-state index in [0.29, 0.717) is 18.0 Å². The molecule has 2 aromatic rings. The lowest BCUT2D eigenvalue weighted by atomic mass is 10.2. The number of aromatic nitrogens is 1. The van der Waals surface area contributed by atoms with Gasteiger partial charge in [-0.15, -0.1) is 24.0 Å². The number of hydrogen-bond acceptors (Lipinski definition) is 3. The molecule has 2 rings (SSSR count). The van der Waals surface area contributed by atoms with Gasteiger partial charge in [0.25, 0.3) is 0 Å². The second-order valence-corrected chi connectivity index (χ2v) is 8.60. The Morgan fingerprint density at radius 2 is 1.97 bits per heavy atom. The van der Waals surface area contributed by atoms with Crippen LogP contribution in [0.5, 0.6) is 0 Å². The van der Waals surface area contributed by atoms with E-state index in [4.69, 9.17) is 0 Å². The molecule has 162 valence electrons. The minimum Gasteiger partial charge on any atom is -0.357 e. The van der Waals surface area contributed by atoms with Crippen LogP contribution in [-0.4, -0.2) is 50.5 Å². The van der Waals surface area contributed by atoms with E-state index in [1.165, 1.54) is 5.69 Å². The van der Waals surface area contributed by atoms with Crippen molar-refractivity contribution >= 4 is 40.0 Å². The summed E-state index contributed by atoms with van der Waals surface area (Å²) in [6.45, 7) is 7.73. The SMILES string of the molecule is CCNC(=NCCNS(=O)(=O)c1cc(C)ccc1C)N(C)Cc1cccn1C.I. The van der Waals surface area contributed by atoms with Gasteiger partial charge in [0.2, 0.25) is 10.0 Å². The number of nitrogens with one attached hydrogen (secondary N) is 2. The van der Waals surface area contributed by atoms with Crippen LogP contribution in [0.25, 0.3) is 0 Å². The fourth-order valence-electron chi connectivity index (χ4n) is 2.86. The molecule has 0 aliphatic carbocycles. The molecule has 0 atom stereocenters. The van der Waals surface area contributed by atoms with E-state index < -0.39 is 10.0 Å². The Bertz CT molecular complexity index is 925. The summed E-state index contributed by atoms with van der Waals surface area (Å²) in [4.78, 5) is 6.90. The average molecular weight is 533 g/mol. The Morgan fingerprint density at radius 3 is 2.59 bits per heavy atom. The van der Waals surface area contributed by atoms with Crippen molar-refractivity contribution in [2.75, 3.05) is 26.7 Å². The standard InChI is InChI=1S/C20H31N5O2S.HI/c1-6-21-20(25(5)15-18-8-7-13-24(18)4)22-11-12-23-28(26,27)19-14-16(2)9-10-17(19)3;/h7-10,13-14,23H,6,11-12,15H2,1-5H3,(H,21,22);1H. The van der Waals surface area contributed by atoms with Crippen LogP contribution in [0, 0.1) is 13.8 Å². The maximum Gasteiger partial charge on any atom is 0.240 e. The first-order chi connectivity index (χ1) is 13.2. The molecule has 0 saturated carbocycles. The van der Waals surface area contributed by atoms with Crippen LogP contribution in [0.3, 0.4) is 0 Å². The van der Waals surface area contributed by atoms with Crippen molar-refractivity contribution in [3.63, 3.8) is 0 Å². The Labute approximate surface area is 191 Å². The summed E-state index contributed by atoms with van der Waals surface area (Å²) in [5.74, 6) is 0.745. The molecule has 0 fully saturated rings. The molecule has 0 saturated heterocycles. The highest BCUT2D eigenvalue weighted by atomic mass is 127. The summed E-state index contributed by atoms with van der Waals surface area (Å²) in [5, 5.41) is 3.25. The highest BCUT2D eigenvalue weighted by molar-refractivity contribution is 14.0. The van der Waals surface area contributed by atoms with Crippen molar-refractivity contribution < 1.29 is 8.42 Å². The van der Waals surface area contributed by atoms with E-state index in [9.17, 15) is 8.42 Å². The van der Waals surface area contributed by atoms with Crippen LogP contribution in [0.2, 0.25) is 0 Å². The first-order valence-corrected chi connectivity index (χ1v) is 10.9. The number of aryl methyl sites for hydroxylation is 3. The van der Waals surface area contributed by atoms with Crippen molar-refractivity contribution in [3.8, 4) is 0 Å². The molecule has 0 bridgehead atoms. The van der Waals surface area contributed by atoms with E-state index in [0.717, 1.165) is 23.6 Å². The van der Waals surface area contributed by atoms with E-state index in [1.807, 2.05) is 57.2 Å². The number of hydrogen-bond donors (Lipinski definition) is 2. The van der Waals surface area contributed by atoms with Crippen molar-refractivity contribution in [2.45, 2.75) is 32.2 Å². The molecular weight excluding hydrogens is 501 g/mol. The minimum atomic E-state index is -3.55. The Kier molecular flexibility index (Phi) is 10.1. The molecule has 1 heterocycles. The van der Waals surface area contributed by atoms with Gasteiger partial charge in [0.05, 0.1) is 18.0 Å². The Balaban J connectivity index is 0.00000420. The molecule has 1 aromatic heterocycles. The van der Waals surface area contributed by atoms with Gasteiger partial charge >= 0.3 is 0 Å². The van der Waals surface area contributed by atoms with Crippen LogP contribution < -0.4 is 10.0 Å². The third-order valence-electron chi connectivity index (χ3n) is 4.45. The van der Waals surface area contributed by atoms with Gasteiger partial charge in [0.15, 0.2) is 5.96 Å². The monoisotopic (exact) mass is 533 g/mol. The van der Waals surface area contributed by atoms with E-state index in [2.05, 4.69) is 25.7 Å². The van der Waals surface area contributed by atoms with Gasteiger partial charge in [0.1, 0.15) is 0 Å². The topological polar surface area (TPSA) is 78.7 Å². The summed E-state index contributed by atoms with van der Waals surface area (Å²) < 4.78 is 29.9. The lowest BCUT2D eigenvalue weighted by Gasteiger charge is -2.22. The van der Waals surface area contributed by atoms with Gasteiger partial charge < -0.3 is 14.8 Å². The molecule has 9 heteroatoms. The zero-order valence-electron chi connectivity index (χ0n) is 17.8. The zero-order valence-corrected chi connectivity index (χ0v) is 20.9. The summed E-state index contributed by atoms with van der Waals surface area (Å²) >= 11 is 0. The highest BCUT2D eigenvalue weighted by Crippen LogP contribution is 2.16. The summed E-state index contributed by atoms with van der Waals surface area (Å²) in [6, 6.07) is 9.50. The number of benzene rings is 1. The molecule has 0 amide bonds. The predicted octanol–water partition coefficient (Wildman–Crippen LogP) is 2.64. The van der Waals surface area contributed by atoms with Crippen LogP contribution in [-0.2, 0) is 23.6 Å². The van der Waals surface area contributed by atoms with Crippen molar-refractivity contribution in [1.29, 1.82) is 0 Å². The average Bonchev–Trinajstić information content (AvgIpc) is 3.04. The van der Waals surface area contributed by atoms with Gasteiger partial charge in [-0.05, 0) is 50.1 Å². The number of nitrogens with zero attached hydrogens (tertiary/aromatic N) is 3. The molecule has 0 aliphatic rings. The normalized spacial score (nSPS) is 11.8. The largest absolute Gasteiger partial charge is 0.357 e. The predicted molar refractivity (Wildman–Crippen MR) is 129 cm³/mol. The van der Waals surface area contributed by atoms with E-state index in [-0.39, 0.29) is 30.5 Å². The fourth-order valence-corrected chi connectivity index (χ4v) is 4.21. The number of guanidine groups is 1. The van der Waals surface area contributed by atoms with Crippen LogP contribution >= 0.6 is 24.0 Å². The first kappa shape index (κ1) is 25.4. The first-order valence-electron chi connectivity index (χ1n) is 9.41. The maximum atomic E-state index is 12.6.